The number of ether oxygens (including phenoxy) is 1. The predicted molar refractivity (Wildman–Crippen MR) is 65.6 cm³/mol. The van der Waals surface area contributed by atoms with Crippen molar-refractivity contribution in [3.8, 4) is 5.75 Å². The summed E-state index contributed by atoms with van der Waals surface area (Å²) < 4.78 is 5.19. The van der Waals surface area contributed by atoms with E-state index in [0.717, 1.165) is 31.8 Å². The van der Waals surface area contributed by atoms with Crippen LogP contribution in [0.2, 0.25) is 0 Å². The lowest BCUT2D eigenvalue weighted by Gasteiger charge is -2.20. The first-order chi connectivity index (χ1) is 7.80. The lowest BCUT2D eigenvalue weighted by molar-refractivity contribution is 0.190. The topological polar surface area (TPSA) is 32.7 Å². The van der Waals surface area contributed by atoms with Gasteiger partial charge < -0.3 is 9.84 Å². The zero-order valence-electron chi connectivity index (χ0n) is 10.1. The molecule has 0 saturated heterocycles. The fourth-order valence-corrected chi connectivity index (χ4v) is 1.76. The van der Waals surface area contributed by atoms with Crippen LogP contribution in [0.15, 0.2) is 24.3 Å². The molecule has 0 aliphatic rings. The number of aliphatic hydroxyl groups is 1. The van der Waals surface area contributed by atoms with Gasteiger partial charge in [0.2, 0.25) is 0 Å². The Bertz CT molecular complexity index is 296. The van der Waals surface area contributed by atoms with Crippen molar-refractivity contribution < 1.29 is 9.84 Å². The molecule has 0 unspecified atom stereocenters. The van der Waals surface area contributed by atoms with Gasteiger partial charge in [-0.05, 0) is 30.7 Å². The van der Waals surface area contributed by atoms with Crippen molar-refractivity contribution >= 4 is 0 Å². The Morgan fingerprint density at radius 3 is 2.75 bits per heavy atom. The van der Waals surface area contributed by atoms with E-state index in [1.54, 1.807) is 7.11 Å². The monoisotopic (exact) mass is 223 g/mol. The summed E-state index contributed by atoms with van der Waals surface area (Å²) in [5, 5.41) is 8.98. The Morgan fingerprint density at radius 1 is 1.31 bits per heavy atom. The van der Waals surface area contributed by atoms with Crippen molar-refractivity contribution in [2.24, 2.45) is 0 Å². The predicted octanol–water partition coefficient (Wildman–Crippen LogP) is 1.90. The van der Waals surface area contributed by atoms with Crippen LogP contribution in [0, 0.1) is 0 Å². The van der Waals surface area contributed by atoms with Crippen molar-refractivity contribution in [3.05, 3.63) is 29.8 Å². The largest absolute Gasteiger partial charge is 0.497 e. The van der Waals surface area contributed by atoms with Crippen LogP contribution >= 0.6 is 0 Å². The molecule has 1 aromatic rings. The van der Waals surface area contributed by atoms with Crippen molar-refractivity contribution in [2.75, 3.05) is 26.8 Å². The van der Waals surface area contributed by atoms with Gasteiger partial charge in [-0.25, -0.2) is 0 Å². The van der Waals surface area contributed by atoms with Crippen LogP contribution in [0.25, 0.3) is 0 Å². The molecule has 1 N–H and O–H groups in total. The highest BCUT2D eigenvalue weighted by Gasteiger charge is 2.04. The second-order valence-corrected chi connectivity index (χ2v) is 3.85. The van der Waals surface area contributed by atoms with E-state index in [4.69, 9.17) is 9.84 Å². The maximum atomic E-state index is 8.98. The Kier molecular flexibility index (Phi) is 5.90. The van der Waals surface area contributed by atoms with Gasteiger partial charge in [-0.15, -0.1) is 0 Å². The zero-order valence-corrected chi connectivity index (χ0v) is 10.1. The molecule has 0 fully saturated rings. The Labute approximate surface area is 97.7 Å². The number of aliphatic hydroxyl groups excluding tert-OH is 1. The average molecular weight is 223 g/mol. The molecular formula is C13H21NO2. The minimum Gasteiger partial charge on any atom is -0.497 e. The second-order valence-electron chi connectivity index (χ2n) is 3.85. The molecular weight excluding hydrogens is 202 g/mol. The summed E-state index contributed by atoms with van der Waals surface area (Å²) in [5.41, 5.74) is 1.22. The molecule has 3 heteroatoms. The maximum absolute atomic E-state index is 8.98. The van der Waals surface area contributed by atoms with E-state index >= 15 is 0 Å². The van der Waals surface area contributed by atoms with Crippen LogP contribution in [0.4, 0.5) is 0 Å². The first-order valence-electron chi connectivity index (χ1n) is 5.76. The van der Waals surface area contributed by atoms with E-state index in [2.05, 4.69) is 17.9 Å². The molecule has 0 bridgehead atoms. The highest BCUT2D eigenvalue weighted by atomic mass is 16.5. The molecule has 0 amide bonds. The highest BCUT2D eigenvalue weighted by molar-refractivity contribution is 5.28. The molecule has 0 heterocycles. The van der Waals surface area contributed by atoms with Gasteiger partial charge in [0.1, 0.15) is 5.75 Å². The molecule has 1 rings (SSSR count). The maximum Gasteiger partial charge on any atom is 0.119 e. The molecule has 0 aromatic heterocycles. The lowest BCUT2D eigenvalue weighted by Crippen LogP contribution is -2.27. The highest BCUT2D eigenvalue weighted by Crippen LogP contribution is 2.14. The average Bonchev–Trinajstić information content (AvgIpc) is 2.30. The van der Waals surface area contributed by atoms with Crippen LogP contribution in [-0.2, 0) is 6.54 Å². The first kappa shape index (κ1) is 13.0. The number of hydrogen-bond acceptors (Lipinski definition) is 3. The third-order valence-corrected chi connectivity index (χ3v) is 2.50. The lowest BCUT2D eigenvalue weighted by atomic mass is 10.2. The van der Waals surface area contributed by atoms with E-state index in [0.29, 0.717) is 0 Å². The fourth-order valence-electron chi connectivity index (χ4n) is 1.76. The van der Waals surface area contributed by atoms with Gasteiger partial charge in [0, 0.05) is 13.1 Å². The summed E-state index contributed by atoms with van der Waals surface area (Å²) in [6, 6.07) is 8.07. The minimum atomic E-state index is 0.212. The van der Waals surface area contributed by atoms with E-state index in [9.17, 15) is 0 Å². The molecule has 1 aromatic carbocycles. The molecule has 0 atom stereocenters. The van der Waals surface area contributed by atoms with Crippen LogP contribution in [0.1, 0.15) is 18.9 Å². The molecule has 0 aliphatic heterocycles. The van der Waals surface area contributed by atoms with Crippen LogP contribution in [-0.4, -0.2) is 36.8 Å². The first-order valence-corrected chi connectivity index (χ1v) is 5.76. The summed E-state index contributed by atoms with van der Waals surface area (Å²) in [7, 11) is 1.68. The SMILES string of the molecule is CCCN(CCO)Cc1cccc(OC)c1. The molecule has 16 heavy (non-hydrogen) atoms. The summed E-state index contributed by atoms with van der Waals surface area (Å²) in [4.78, 5) is 2.24. The summed E-state index contributed by atoms with van der Waals surface area (Å²) in [6.45, 7) is 4.97. The Morgan fingerprint density at radius 2 is 2.12 bits per heavy atom. The standard InChI is InChI=1S/C13H21NO2/c1-3-7-14(8-9-15)11-12-5-4-6-13(10-12)16-2/h4-6,10,15H,3,7-9,11H2,1-2H3. The molecule has 0 radical (unpaired) electrons. The van der Waals surface area contributed by atoms with Gasteiger partial charge in [0.25, 0.3) is 0 Å². The smallest absolute Gasteiger partial charge is 0.119 e. The van der Waals surface area contributed by atoms with Crippen molar-refractivity contribution in [3.63, 3.8) is 0 Å². The van der Waals surface area contributed by atoms with Gasteiger partial charge in [-0.2, -0.15) is 0 Å². The van der Waals surface area contributed by atoms with Gasteiger partial charge >= 0.3 is 0 Å². The normalized spacial score (nSPS) is 10.8. The molecule has 0 spiro atoms. The summed E-state index contributed by atoms with van der Waals surface area (Å²) in [5.74, 6) is 0.887. The van der Waals surface area contributed by atoms with E-state index < -0.39 is 0 Å². The molecule has 3 nitrogen and oxygen atoms in total. The molecule has 90 valence electrons. The van der Waals surface area contributed by atoms with E-state index in [1.807, 2.05) is 18.2 Å². The minimum absolute atomic E-state index is 0.212. The quantitative estimate of drug-likeness (QED) is 0.766. The van der Waals surface area contributed by atoms with Crippen LogP contribution < -0.4 is 4.74 Å². The van der Waals surface area contributed by atoms with E-state index in [1.165, 1.54) is 5.56 Å². The summed E-state index contributed by atoms with van der Waals surface area (Å²) in [6.07, 6.45) is 1.10. The van der Waals surface area contributed by atoms with Crippen LogP contribution in [0.3, 0.4) is 0 Å². The number of hydrogen-bond donors (Lipinski definition) is 1. The van der Waals surface area contributed by atoms with Crippen molar-refractivity contribution in [1.29, 1.82) is 0 Å². The number of rotatable bonds is 7. The van der Waals surface area contributed by atoms with Gasteiger partial charge in [0.15, 0.2) is 0 Å². The zero-order chi connectivity index (χ0) is 11.8. The van der Waals surface area contributed by atoms with Crippen molar-refractivity contribution in [2.45, 2.75) is 19.9 Å². The van der Waals surface area contributed by atoms with Gasteiger partial charge in [-0.3, -0.25) is 4.90 Å². The number of nitrogens with zero attached hydrogens (tertiary/aromatic N) is 1. The molecule has 0 saturated carbocycles. The van der Waals surface area contributed by atoms with E-state index in [-0.39, 0.29) is 6.61 Å². The Hall–Kier alpha value is -1.06. The van der Waals surface area contributed by atoms with Gasteiger partial charge in [0.05, 0.1) is 13.7 Å². The van der Waals surface area contributed by atoms with Crippen molar-refractivity contribution in [1.82, 2.24) is 4.90 Å². The van der Waals surface area contributed by atoms with Crippen LogP contribution in [0.5, 0.6) is 5.75 Å². The third-order valence-electron chi connectivity index (χ3n) is 2.50. The van der Waals surface area contributed by atoms with Gasteiger partial charge in [-0.1, -0.05) is 19.1 Å². The number of benzene rings is 1. The summed E-state index contributed by atoms with van der Waals surface area (Å²) >= 11 is 0. The third kappa shape index (κ3) is 4.21. The second kappa shape index (κ2) is 7.25. The number of methoxy groups -OCH3 is 1. The fraction of sp³-hybridized carbons (Fsp3) is 0.538. The Balaban J connectivity index is 2.60. The molecule has 0 aliphatic carbocycles.